The van der Waals surface area contributed by atoms with Crippen LogP contribution in [-0.2, 0) is 11.2 Å². The van der Waals surface area contributed by atoms with Crippen molar-refractivity contribution in [3.8, 4) is 0 Å². The van der Waals surface area contributed by atoms with Crippen molar-refractivity contribution in [2.75, 3.05) is 5.32 Å². The van der Waals surface area contributed by atoms with Crippen molar-refractivity contribution in [1.29, 1.82) is 0 Å². The number of hydrogen-bond donors (Lipinski definition) is 1. The van der Waals surface area contributed by atoms with Crippen molar-refractivity contribution >= 4 is 23.2 Å². The van der Waals surface area contributed by atoms with Gasteiger partial charge in [-0.3, -0.25) is 14.4 Å². The molecular formula is C24H19NO3. The van der Waals surface area contributed by atoms with E-state index in [1.165, 1.54) is 0 Å². The molecule has 0 aliphatic heterocycles. The van der Waals surface area contributed by atoms with Gasteiger partial charge in [-0.05, 0) is 43.2 Å². The van der Waals surface area contributed by atoms with E-state index in [9.17, 15) is 14.4 Å². The molecule has 3 aromatic rings. The zero-order chi connectivity index (χ0) is 19.8. The summed E-state index contributed by atoms with van der Waals surface area (Å²) in [5.74, 6) is -0.532. The van der Waals surface area contributed by atoms with Crippen LogP contribution in [0.15, 0.2) is 60.7 Å². The van der Waals surface area contributed by atoms with Gasteiger partial charge in [0.15, 0.2) is 11.6 Å². The molecule has 0 unspecified atom stereocenters. The van der Waals surface area contributed by atoms with Crippen LogP contribution >= 0.6 is 0 Å². The van der Waals surface area contributed by atoms with Gasteiger partial charge >= 0.3 is 0 Å². The van der Waals surface area contributed by atoms with E-state index in [1.54, 1.807) is 42.5 Å². The van der Waals surface area contributed by atoms with Gasteiger partial charge in [0.2, 0.25) is 5.91 Å². The van der Waals surface area contributed by atoms with Gasteiger partial charge in [0, 0.05) is 27.9 Å². The van der Waals surface area contributed by atoms with Crippen LogP contribution < -0.4 is 5.32 Å². The average molecular weight is 369 g/mol. The first kappa shape index (κ1) is 17.9. The third-order valence-corrected chi connectivity index (χ3v) is 5.06. The summed E-state index contributed by atoms with van der Waals surface area (Å²) in [4.78, 5) is 37.9. The number of rotatable bonds is 3. The summed E-state index contributed by atoms with van der Waals surface area (Å²) in [5.41, 5.74) is 5.21. The molecule has 3 aromatic carbocycles. The largest absolute Gasteiger partial charge is 0.326 e. The molecule has 0 heterocycles. The molecule has 1 aliphatic rings. The zero-order valence-corrected chi connectivity index (χ0v) is 15.7. The van der Waals surface area contributed by atoms with E-state index in [0.717, 1.165) is 16.7 Å². The normalized spacial score (nSPS) is 12.4. The third kappa shape index (κ3) is 3.14. The molecule has 138 valence electrons. The van der Waals surface area contributed by atoms with Gasteiger partial charge in [0.25, 0.3) is 0 Å². The Hall–Kier alpha value is -3.53. The van der Waals surface area contributed by atoms with E-state index in [1.807, 2.05) is 32.0 Å². The highest BCUT2D eigenvalue weighted by Gasteiger charge is 2.29. The number of ketones is 2. The zero-order valence-electron chi connectivity index (χ0n) is 15.7. The Morgan fingerprint density at radius 1 is 0.786 bits per heavy atom. The summed E-state index contributed by atoms with van der Waals surface area (Å²) in [6.07, 6.45) is 0.249. The van der Waals surface area contributed by atoms with Crippen molar-refractivity contribution in [3.05, 3.63) is 99.6 Å². The molecular weight excluding hydrogens is 350 g/mol. The van der Waals surface area contributed by atoms with E-state index >= 15 is 0 Å². The summed E-state index contributed by atoms with van der Waals surface area (Å²) in [6, 6.07) is 17.7. The van der Waals surface area contributed by atoms with Crippen molar-refractivity contribution in [1.82, 2.24) is 0 Å². The molecule has 1 aliphatic carbocycles. The highest BCUT2D eigenvalue weighted by Crippen LogP contribution is 2.29. The van der Waals surface area contributed by atoms with E-state index in [2.05, 4.69) is 5.32 Å². The van der Waals surface area contributed by atoms with Gasteiger partial charge in [0.1, 0.15) is 0 Å². The van der Waals surface area contributed by atoms with Crippen LogP contribution in [0.1, 0.15) is 48.5 Å². The van der Waals surface area contributed by atoms with Crippen molar-refractivity contribution < 1.29 is 14.4 Å². The predicted octanol–water partition coefficient (Wildman–Crippen LogP) is 4.26. The Morgan fingerprint density at radius 2 is 1.43 bits per heavy atom. The summed E-state index contributed by atoms with van der Waals surface area (Å²) >= 11 is 0. The molecule has 4 rings (SSSR count). The molecule has 0 fully saturated rings. The van der Waals surface area contributed by atoms with Crippen LogP contribution in [0.5, 0.6) is 0 Å². The van der Waals surface area contributed by atoms with Crippen molar-refractivity contribution in [2.24, 2.45) is 0 Å². The number of hydrogen-bond acceptors (Lipinski definition) is 3. The number of fused-ring (bicyclic) bond motifs is 2. The lowest BCUT2D eigenvalue weighted by molar-refractivity contribution is -0.115. The van der Waals surface area contributed by atoms with Crippen LogP contribution in [0.3, 0.4) is 0 Å². The van der Waals surface area contributed by atoms with Gasteiger partial charge < -0.3 is 5.32 Å². The van der Waals surface area contributed by atoms with Gasteiger partial charge in [0.05, 0.1) is 6.42 Å². The summed E-state index contributed by atoms with van der Waals surface area (Å²) in [7, 11) is 0. The first-order valence-electron chi connectivity index (χ1n) is 9.12. The lowest BCUT2D eigenvalue weighted by Crippen LogP contribution is -2.21. The summed E-state index contributed by atoms with van der Waals surface area (Å²) in [5, 5.41) is 2.84. The van der Waals surface area contributed by atoms with Gasteiger partial charge in [-0.15, -0.1) is 0 Å². The number of amides is 1. The third-order valence-electron chi connectivity index (χ3n) is 5.06. The summed E-state index contributed by atoms with van der Waals surface area (Å²) in [6.45, 7) is 4.00. The number of benzene rings is 3. The van der Waals surface area contributed by atoms with E-state index in [-0.39, 0.29) is 23.9 Å². The number of anilines is 1. The SMILES string of the molecule is Cc1ccc(CC(=O)Nc2ccc3c(c2)C(=O)c2ccccc2C3=O)c(C)c1. The molecule has 0 saturated heterocycles. The van der Waals surface area contributed by atoms with Crippen LogP contribution in [0.2, 0.25) is 0 Å². The maximum Gasteiger partial charge on any atom is 0.228 e. The predicted molar refractivity (Wildman–Crippen MR) is 108 cm³/mol. The highest BCUT2D eigenvalue weighted by atomic mass is 16.2. The Labute approximate surface area is 163 Å². The molecule has 0 spiro atoms. The van der Waals surface area contributed by atoms with Gasteiger partial charge in [-0.2, -0.15) is 0 Å². The fourth-order valence-electron chi connectivity index (χ4n) is 3.60. The molecule has 0 radical (unpaired) electrons. The van der Waals surface area contributed by atoms with Crippen molar-refractivity contribution in [2.45, 2.75) is 20.3 Å². The fraction of sp³-hybridized carbons (Fsp3) is 0.125. The van der Waals surface area contributed by atoms with Crippen LogP contribution in [0.25, 0.3) is 0 Å². The molecule has 1 N–H and O–H groups in total. The molecule has 28 heavy (non-hydrogen) atoms. The van der Waals surface area contributed by atoms with Gasteiger partial charge in [-0.25, -0.2) is 0 Å². The standard InChI is InChI=1S/C24H19NO3/c1-14-7-8-16(15(2)11-14)12-22(26)25-17-9-10-20-21(13-17)24(28)19-6-4-3-5-18(19)23(20)27/h3-11,13H,12H2,1-2H3,(H,25,26). The molecule has 0 bridgehead atoms. The molecule has 0 atom stereocenters. The Balaban J connectivity index is 1.58. The maximum absolute atomic E-state index is 12.8. The second-order valence-corrected chi connectivity index (χ2v) is 7.12. The monoisotopic (exact) mass is 369 g/mol. The van der Waals surface area contributed by atoms with Crippen LogP contribution in [0.4, 0.5) is 5.69 Å². The molecule has 1 amide bonds. The minimum absolute atomic E-state index is 0.165. The van der Waals surface area contributed by atoms with Crippen molar-refractivity contribution in [3.63, 3.8) is 0 Å². The van der Waals surface area contributed by atoms with Gasteiger partial charge in [-0.1, -0.05) is 48.0 Å². The average Bonchev–Trinajstić information content (AvgIpc) is 2.68. The molecule has 0 saturated carbocycles. The minimum atomic E-state index is -0.198. The molecule has 4 heteroatoms. The lowest BCUT2D eigenvalue weighted by Gasteiger charge is -2.18. The number of nitrogens with one attached hydrogen (secondary N) is 1. The minimum Gasteiger partial charge on any atom is -0.326 e. The Morgan fingerprint density at radius 3 is 2.11 bits per heavy atom. The lowest BCUT2D eigenvalue weighted by atomic mass is 9.84. The molecule has 4 nitrogen and oxygen atoms in total. The van der Waals surface area contributed by atoms with Crippen LogP contribution in [-0.4, -0.2) is 17.5 Å². The number of aryl methyl sites for hydroxylation is 2. The first-order valence-corrected chi connectivity index (χ1v) is 9.12. The topological polar surface area (TPSA) is 63.2 Å². The number of carbonyl (C=O) groups excluding carboxylic acids is 3. The number of carbonyl (C=O) groups is 3. The first-order chi connectivity index (χ1) is 13.4. The fourth-order valence-corrected chi connectivity index (χ4v) is 3.60. The van der Waals surface area contributed by atoms with E-state index < -0.39 is 0 Å². The van der Waals surface area contributed by atoms with E-state index in [0.29, 0.717) is 27.9 Å². The van der Waals surface area contributed by atoms with Crippen LogP contribution in [0, 0.1) is 13.8 Å². The van der Waals surface area contributed by atoms with E-state index in [4.69, 9.17) is 0 Å². The second-order valence-electron chi connectivity index (χ2n) is 7.12. The second kappa shape index (κ2) is 6.89. The Kier molecular flexibility index (Phi) is 4.40. The highest BCUT2D eigenvalue weighted by molar-refractivity contribution is 6.28. The maximum atomic E-state index is 12.8. The smallest absolute Gasteiger partial charge is 0.228 e. The quantitative estimate of drug-likeness (QED) is 0.587. The Bertz CT molecular complexity index is 1140. The molecule has 0 aromatic heterocycles. The summed E-state index contributed by atoms with van der Waals surface area (Å²) < 4.78 is 0.